The Labute approximate surface area is 133 Å². The Bertz CT molecular complexity index is 854. The van der Waals surface area contributed by atoms with Gasteiger partial charge in [-0.1, -0.05) is 12.1 Å². The maximum Gasteiger partial charge on any atom is 0.195 e. The van der Waals surface area contributed by atoms with E-state index in [1.54, 1.807) is 11.3 Å². The second kappa shape index (κ2) is 6.46. The van der Waals surface area contributed by atoms with Crippen molar-refractivity contribution in [2.75, 3.05) is 27.2 Å². The minimum absolute atomic E-state index is 0.100. The van der Waals surface area contributed by atoms with Crippen molar-refractivity contribution in [3.63, 3.8) is 0 Å². The first-order chi connectivity index (χ1) is 10.6. The largest absolute Gasteiger partial charge is 0.493 e. The molecule has 0 aliphatic heterocycles. The molecular weight excluding hydrogens is 294 g/mol. The van der Waals surface area contributed by atoms with Gasteiger partial charge < -0.3 is 9.64 Å². The molecule has 2 aromatic carbocycles. The van der Waals surface area contributed by atoms with Crippen molar-refractivity contribution in [3.8, 4) is 5.75 Å². The van der Waals surface area contributed by atoms with Crippen LogP contribution >= 0.6 is 11.3 Å². The molecule has 114 valence electrons. The molecule has 0 N–H and O–H groups in total. The van der Waals surface area contributed by atoms with E-state index in [0.29, 0.717) is 6.61 Å². The second-order valence-corrected chi connectivity index (χ2v) is 6.67. The molecule has 1 heterocycles. The number of nitrogens with zero attached hydrogens (tertiary/aromatic N) is 1. The topological polar surface area (TPSA) is 29.5 Å². The normalized spacial score (nSPS) is 11.4. The lowest BCUT2D eigenvalue weighted by Crippen LogP contribution is -2.15. The SMILES string of the molecule is CN(C)CCCOc1ccc2c(=O)c3ccccc3sc2c1. The number of fused-ring (bicyclic) bond motifs is 2. The van der Waals surface area contributed by atoms with E-state index in [9.17, 15) is 4.79 Å². The molecule has 0 aliphatic carbocycles. The van der Waals surface area contributed by atoms with Crippen molar-refractivity contribution < 1.29 is 4.74 Å². The molecule has 0 fully saturated rings. The van der Waals surface area contributed by atoms with Gasteiger partial charge in [0.05, 0.1) is 6.61 Å². The highest BCUT2D eigenvalue weighted by Gasteiger charge is 2.06. The lowest BCUT2D eigenvalue weighted by atomic mass is 10.2. The van der Waals surface area contributed by atoms with E-state index in [1.165, 1.54) is 0 Å². The van der Waals surface area contributed by atoms with E-state index in [1.807, 2.05) is 42.5 Å². The fourth-order valence-electron chi connectivity index (χ4n) is 2.44. The molecule has 0 bridgehead atoms. The van der Waals surface area contributed by atoms with Crippen LogP contribution in [0.25, 0.3) is 20.2 Å². The predicted molar refractivity (Wildman–Crippen MR) is 94.3 cm³/mol. The third-order valence-corrected chi connectivity index (χ3v) is 4.70. The molecule has 3 aromatic rings. The van der Waals surface area contributed by atoms with Gasteiger partial charge in [0.15, 0.2) is 5.43 Å². The molecule has 3 nitrogen and oxygen atoms in total. The van der Waals surface area contributed by atoms with Gasteiger partial charge in [-0.25, -0.2) is 0 Å². The quantitative estimate of drug-likeness (QED) is 0.531. The van der Waals surface area contributed by atoms with E-state index in [2.05, 4.69) is 19.0 Å². The molecule has 0 amide bonds. The first kappa shape index (κ1) is 15.0. The average molecular weight is 313 g/mol. The Hall–Kier alpha value is -1.91. The van der Waals surface area contributed by atoms with Crippen LogP contribution in [0.4, 0.5) is 0 Å². The van der Waals surface area contributed by atoms with Gasteiger partial charge in [-0.2, -0.15) is 0 Å². The Morgan fingerprint density at radius 2 is 1.82 bits per heavy atom. The lowest BCUT2D eigenvalue weighted by Gasteiger charge is -2.10. The highest BCUT2D eigenvalue weighted by atomic mass is 32.1. The molecule has 0 saturated heterocycles. The number of ether oxygens (including phenoxy) is 1. The zero-order valence-corrected chi connectivity index (χ0v) is 13.7. The molecule has 0 spiro atoms. The summed E-state index contributed by atoms with van der Waals surface area (Å²) in [6.45, 7) is 1.69. The van der Waals surface area contributed by atoms with Gasteiger partial charge in [-0.3, -0.25) is 4.79 Å². The number of rotatable bonds is 5. The van der Waals surface area contributed by atoms with Crippen LogP contribution in [0.2, 0.25) is 0 Å². The van der Waals surface area contributed by atoms with Gasteiger partial charge in [0.1, 0.15) is 5.75 Å². The second-order valence-electron chi connectivity index (χ2n) is 5.59. The third kappa shape index (κ3) is 3.13. The highest BCUT2D eigenvalue weighted by molar-refractivity contribution is 7.24. The summed E-state index contributed by atoms with van der Waals surface area (Å²) in [5.74, 6) is 0.831. The maximum atomic E-state index is 12.5. The summed E-state index contributed by atoms with van der Waals surface area (Å²) >= 11 is 1.64. The molecule has 4 heteroatoms. The van der Waals surface area contributed by atoms with Crippen LogP contribution < -0.4 is 10.2 Å². The molecule has 0 aliphatic rings. The van der Waals surface area contributed by atoms with Crippen LogP contribution in [-0.4, -0.2) is 32.1 Å². The van der Waals surface area contributed by atoms with Crippen molar-refractivity contribution in [1.82, 2.24) is 4.90 Å². The Kier molecular flexibility index (Phi) is 4.41. The Morgan fingerprint density at radius 3 is 2.64 bits per heavy atom. The monoisotopic (exact) mass is 313 g/mol. The molecule has 1 aromatic heterocycles. The van der Waals surface area contributed by atoms with Crippen molar-refractivity contribution in [3.05, 3.63) is 52.7 Å². The fraction of sp³-hybridized carbons (Fsp3) is 0.278. The number of hydrogen-bond donors (Lipinski definition) is 0. The zero-order chi connectivity index (χ0) is 15.5. The van der Waals surface area contributed by atoms with Gasteiger partial charge in [-0.15, -0.1) is 11.3 Å². The zero-order valence-electron chi connectivity index (χ0n) is 12.8. The number of hydrogen-bond acceptors (Lipinski definition) is 4. The van der Waals surface area contributed by atoms with Crippen LogP contribution in [0.15, 0.2) is 47.3 Å². The van der Waals surface area contributed by atoms with Crippen LogP contribution in [0.3, 0.4) is 0 Å². The number of benzene rings is 2. The van der Waals surface area contributed by atoms with Gasteiger partial charge in [-0.05, 0) is 50.8 Å². The van der Waals surface area contributed by atoms with Crippen LogP contribution in [0, 0.1) is 0 Å². The summed E-state index contributed by atoms with van der Waals surface area (Å²) in [4.78, 5) is 14.6. The van der Waals surface area contributed by atoms with Crippen molar-refractivity contribution >= 4 is 31.5 Å². The minimum Gasteiger partial charge on any atom is -0.493 e. The minimum atomic E-state index is 0.100. The average Bonchev–Trinajstić information content (AvgIpc) is 2.51. The first-order valence-corrected chi connectivity index (χ1v) is 8.20. The molecule has 0 saturated carbocycles. The standard InChI is InChI=1S/C18H19NO2S/c1-19(2)10-5-11-21-13-8-9-15-17(12-13)22-16-7-4-3-6-14(16)18(15)20/h3-4,6-9,12H,5,10-11H2,1-2H3. The molecule has 0 unspecified atom stereocenters. The van der Waals surface area contributed by atoms with Crippen molar-refractivity contribution in [2.24, 2.45) is 0 Å². The molecule has 0 radical (unpaired) electrons. The van der Waals surface area contributed by atoms with Gasteiger partial charge in [0.2, 0.25) is 0 Å². The van der Waals surface area contributed by atoms with E-state index in [0.717, 1.165) is 38.9 Å². The summed E-state index contributed by atoms with van der Waals surface area (Å²) in [6.07, 6.45) is 0.985. The van der Waals surface area contributed by atoms with Gasteiger partial charge in [0, 0.05) is 26.7 Å². The molecular formula is C18H19NO2S. The lowest BCUT2D eigenvalue weighted by molar-refractivity contribution is 0.282. The third-order valence-electron chi connectivity index (χ3n) is 3.57. The summed E-state index contributed by atoms with van der Waals surface area (Å²) in [5, 5.41) is 1.56. The van der Waals surface area contributed by atoms with E-state index < -0.39 is 0 Å². The van der Waals surface area contributed by atoms with E-state index in [-0.39, 0.29) is 5.43 Å². The fourth-order valence-corrected chi connectivity index (χ4v) is 3.54. The van der Waals surface area contributed by atoms with E-state index >= 15 is 0 Å². The first-order valence-electron chi connectivity index (χ1n) is 7.38. The van der Waals surface area contributed by atoms with Gasteiger partial charge >= 0.3 is 0 Å². The van der Waals surface area contributed by atoms with E-state index in [4.69, 9.17) is 4.74 Å². The van der Waals surface area contributed by atoms with Crippen molar-refractivity contribution in [1.29, 1.82) is 0 Å². The van der Waals surface area contributed by atoms with Gasteiger partial charge in [0.25, 0.3) is 0 Å². The van der Waals surface area contributed by atoms with Crippen LogP contribution in [-0.2, 0) is 0 Å². The van der Waals surface area contributed by atoms with Crippen LogP contribution in [0.5, 0.6) is 5.75 Å². The predicted octanol–water partition coefficient (Wildman–Crippen LogP) is 3.75. The summed E-state index contributed by atoms with van der Waals surface area (Å²) in [5.41, 5.74) is 0.100. The summed E-state index contributed by atoms with van der Waals surface area (Å²) in [6, 6.07) is 13.5. The molecule has 0 atom stereocenters. The van der Waals surface area contributed by atoms with Crippen LogP contribution in [0.1, 0.15) is 6.42 Å². The van der Waals surface area contributed by atoms with Crippen molar-refractivity contribution in [2.45, 2.75) is 6.42 Å². The smallest absolute Gasteiger partial charge is 0.195 e. The summed E-state index contributed by atoms with van der Waals surface area (Å²) < 4.78 is 7.79. The molecule has 3 rings (SSSR count). The maximum absolute atomic E-state index is 12.5. The Morgan fingerprint density at radius 1 is 1.05 bits per heavy atom. The summed E-state index contributed by atoms with van der Waals surface area (Å²) in [7, 11) is 4.11. The highest BCUT2D eigenvalue weighted by Crippen LogP contribution is 2.27. The molecule has 22 heavy (non-hydrogen) atoms. The Balaban J connectivity index is 1.89.